The van der Waals surface area contributed by atoms with Crippen LogP contribution in [0.1, 0.15) is 37.8 Å². The summed E-state index contributed by atoms with van der Waals surface area (Å²) in [5.41, 5.74) is 1.69. The molecule has 5 nitrogen and oxygen atoms in total. The van der Waals surface area contributed by atoms with Gasteiger partial charge in [-0.05, 0) is 38.3 Å². The van der Waals surface area contributed by atoms with Gasteiger partial charge in [0.15, 0.2) is 0 Å². The second kappa shape index (κ2) is 7.11. The molecule has 0 fully saturated rings. The number of carboxylic acids is 1. The lowest BCUT2D eigenvalue weighted by atomic mass is 9.99. The average Bonchev–Trinajstić information content (AvgIpc) is 2.38. The fraction of sp³-hybridized carbons (Fsp3) is 0.500. The molecule has 0 aliphatic rings. The zero-order valence-corrected chi connectivity index (χ0v) is 13.1. The highest BCUT2D eigenvalue weighted by atomic mass is 16.4. The predicted molar refractivity (Wildman–Crippen MR) is 82.1 cm³/mol. The molecule has 0 radical (unpaired) electrons. The molecule has 0 saturated heterocycles. The summed E-state index contributed by atoms with van der Waals surface area (Å²) in [7, 11) is 1.73. The molecule has 0 spiro atoms. The Morgan fingerprint density at radius 3 is 2.48 bits per heavy atom. The lowest BCUT2D eigenvalue weighted by molar-refractivity contribution is -0.137. The number of hydrogen-bond donors (Lipinski definition) is 2. The van der Waals surface area contributed by atoms with E-state index in [-0.39, 0.29) is 12.5 Å². The zero-order valence-electron chi connectivity index (χ0n) is 13.1. The molecule has 2 amide bonds. The van der Waals surface area contributed by atoms with E-state index in [4.69, 9.17) is 5.11 Å². The number of carbonyl (C=O) groups is 2. The fourth-order valence-corrected chi connectivity index (χ4v) is 1.98. The topological polar surface area (TPSA) is 69.6 Å². The van der Waals surface area contributed by atoms with Crippen molar-refractivity contribution in [2.24, 2.45) is 0 Å². The van der Waals surface area contributed by atoms with E-state index in [0.29, 0.717) is 13.0 Å². The van der Waals surface area contributed by atoms with Gasteiger partial charge in [-0.2, -0.15) is 0 Å². The largest absolute Gasteiger partial charge is 0.481 e. The van der Waals surface area contributed by atoms with Gasteiger partial charge in [0.05, 0.1) is 0 Å². The molecule has 0 bridgehead atoms. The average molecular weight is 292 g/mol. The number of carboxylic acid groups (broad SMARTS) is 1. The number of carbonyl (C=O) groups excluding carboxylic acids is 1. The van der Waals surface area contributed by atoms with Gasteiger partial charge < -0.3 is 15.3 Å². The summed E-state index contributed by atoms with van der Waals surface area (Å²) in [6.07, 6.45) is 0.432. The molecule has 0 aromatic heterocycles. The molecular weight excluding hydrogens is 268 g/mol. The third-order valence-electron chi connectivity index (χ3n) is 3.42. The van der Waals surface area contributed by atoms with Crippen LogP contribution < -0.4 is 5.32 Å². The van der Waals surface area contributed by atoms with E-state index in [2.05, 4.69) is 5.32 Å². The van der Waals surface area contributed by atoms with Crippen molar-refractivity contribution >= 4 is 12.0 Å². The Balaban J connectivity index is 2.58. The van der Waals surface area contributed by atoms with Crippen LogP contribution in [0.5, 0.6) is 0 Å². The van der Waals surface area contributed by atoms with Gasteiger partial charge in [0.2, 0.25) is 0 Å². The Hall–Kier alpha value is -2.04. The molecule has 5 heteroatoms. The van der Waals surface area contributed by atoms with E-state index in [1.54, 1.807) is 11.9 Å². The van der Waals surface area contributed by atoms with E-state index in [9.17, 15) is 9.59 Å². The highest BCUT2D eigenvalue weighted by molar-refractivity contribution is 5.75. The van der Waals surface area contributed by atoms with Crippen molar-refractivity contribution in [3.8, 4) is 0 Å². The van der Waals surface area contributed by atoms with Gasteiger partial charge in [-0.3, -0.25) is 4.79 Å². The zero-order chi connectivity index (χ0) is 16.0. The molecule has 1 aromatic rings. The van der Waals surface area contributed by atoms with Crippen molar-refractivity contribution in [3.63, 3.8) is 0 Å². The van der Waals surface area contributed by atoms with E-state index >= 15 is 0 Å². The molecule has 116 valence electrons. The van der Waals surface area contributed by atoms with Gasteiger partial charge in [-0.15, -0.1) is 0 Å². The molecular formula is C16H24N2O3. The maximum Gasteiger partial charge on any atom is 0.317 e. The van der Waals surface area contributed by atoms with Gasteiger partial charge in [-0.1, -0.05) is 24.3 Å². The van der Waals surface area contributed by atoms with Crippen LogP contribution in [0.3, 0.4) is 0 Å². The van der Waals surface area contributed by atoms with E-state index in [1.165, 1.54) is 0 Å². The number of aliphatic carboxylic acids is 1. The van der Waals surface area contributed by atoms with Gasteiger partial charge in [-0.25, -0.2) is 4.79 Å². The van der Waals surface area contributed by atoms with Crippen molar-refractivity contribution in [3.05, 3.63) is 35.4 Å². The van der Waals surface area contributed by atoms with Gasteiger partial charge in [0.1, 0.15) is 0 Å². The Morgan fingerprint density at radius 1 is 1.29 bits per heavy atom. The molecule has 0 aliphatic carbocycles. The normalized spacial score (nSPS) is 11.0. The van der Waals surface area contributed by atoms with Crippen LogP contribution >= 0.6 is 0 Å². The summed E-state index contributed by atoms with van der Waals surface area (Å²) in [4.78, 5) is 24.4. The van der Waals surface area contributed by atoms with Crippen LogP contribution in [-0.4, -0.2) is 34.6 Å². The van der Waals surface area contributed by atoms with E-state index in [1.807, 2.05) is 45.0 Å². The highest BCUT2D eigenvalue weighted by Gasteiger charge is 2.23. The molecule has 0 aliphatic heterocycles. The number of hydrogen-bond acceptors (Lipinski definition) is 2. The first-order valence-electron chi connectivity index (χ1n) is 7.01. The Morgan fingerprint density at radius 2 is 1.90 bits per heavy atom. The molecule has 2 N–H and O–H groups in total. The van der Waals surface area contributed by atoms with Crippen molar-refractivity contribution < 1.29 is 14.7 Å². The SMILES string of the molecule is Cc1ccccc1CN(C)C(=O)NC(C)(C)CCC(=O)O. The Labute approximate surface area is 126 Å². The van der Waals surface area contributed by atoms with Crippen molar-refractivity contribution in [1.82, 2.24) is 10.2 Å². The lowest BCUT2D eigenvalue weighted by Crippen LogP contribution is -2.48. The number of nitrogens with zero attached hydrogens (tertiary/aromatic N) is 1. The molecule has 0 heterocycles. The molecule has 0 saturated carbocycles. The number of aryl methyl sites for hydroxylation is 1. The summed E-state index contributed by atoms with van der Waals surface area (Å²) in [5.74, 6) is -0.856. The van der Waals surface area contributed by atoms with Gasteiger partial charge in [0.25, 0.3) is 0 Å². The second-order valence-electron chi connectivity index (χ2n) is 5.99. The minimum atomic E-state index is -0.856. The molecule has 1 aromatic carbocycles. The quantitative estimate of drug-likeness (QED) is 0.847. The van der Waals surface area contributed by atoms with Gasteiger partial charge >= 0.3 is 12.0 Å². The Kier molecular flexibility index (Phi) is 5.76. The van der Waals surface area contributed by atoms with Crippen LogP contribution in [0.15, 0.2) is 24.3 Å². The van der Waals surface area contributed by atoms with Crippen molar-refractivity contribution in [1.29, 1.82) is 0 Å². The number of urea groups is 1. The van der Waals surface area contributed by atoms with Crippen LogP contribution in [-0.2, 0) is 11.3 Å². The van der Waals surface area contributed by atoms with Gasteiger partial charge in [0, 0.05) is 25.6 Å². The Bertz CT molecular complexity index is 512. The third kappa shape index (κ3) is 5.85. The number of amides is 2. The molecule has 0 unspecified atom stereocenters. The van der Waals surface area contributed by atoms with Crippen molar-refractivity contribution in [2.45, 2.75) is 45.7 Å². The first kappa shape index (κ1) is 17.0. The molecule has 21 heavy (non-hydrogen) atoms. The van der Waals surface area contributed by atoms with E-state index < -0.39 is 11.5 Å². The van der Waals surface area contributed by atoms with Crippen LogP contribution in [0.2, 0.25) is 0 Å². The lowest BCUT2D eigenvalue weighted by Gasteiger charge is -2.29. The smallest absolute Gasteiger partial charge is 0.317 e. The molecule has 0 atom stereocenters. The minimum absolute atomic E-state index is 0.0365. The summed E-state index contributed by atoms with van der Waals surface area (Å²) >= 11 is 0. The minimum Gasteiger partial charge on any atom is -0.481 e. The third-order valence-corrected chi connectivity index (χ3v) is 3.42. The molecule has 1 rings (SSSR count). The highest BCUT2D eigenvalue weighted by Crippen LogP contribution is 2.13. The van der Waals surface area contributed by atoms with Crippen LogP contribution in [0.4, 0.5) is 4.79 Å². The summed E-state index contributed by atoms with van der Waals surface area (Å²) in [5, 5.41) is 11.6. The fourth-order valence-electron chi connectivity index (χ4n) is 1.98. The number of benzene rings is 1. The van der Waals surface area contributed by atoms with Crippen LogP contribution in [0, 0.1) is 6.92 Å². The monoisotopic (exact) mass is 292 g/mol. The first-order chi connectivity index (χ1) is 9.71. The standard InChI is InChI=1S/C16H24N2O3/c1-12-7-5-6-8-13(12)11-18(4)15(21)17-16(2,3)10-9-14(19)20/h5-8H,9-11H2,1-4H3,(H,17,21)(H,19,20). The van der Waals surface area contributed by atoms with Crippen molar-refractivity contribution in [2.75, 3.05) is 7.05 Å². The summed E-state index contributed by atoms with van der Waals surface area (Å²) < 4.78 is 0. The first-order valence-corrected chi connectivity index (χ1v) is 7.01. The maximum atomic E-state index is 12.2. The number of nitrogens with one attached hydrogen (secondary N) is 1. The second-order valence-corrected chi connectivity index (χ2v) is 5.99. The summed E-state index contributed by atoms with van der Waals surface area (Å²) in [6.45, 7) is 6.19. The van der Waals surface area contributed by atoms with Crippen LogP contribution in [0.25, 0.3) is 0 Å². The number of rotatable bonds is 6. The van der Waals surface area contributed by atoms with E-state index in [0.717, 1.165) is 11.1 Å². The maximum absolute atomic E-state index is 12.2. The predicted octanol–water partition coefficient (Wildman–Crippen LogP) is 2.78. The summed E-state index contributed by atoms with van der Waals surface area (Å²) in [6, 6.07) is 7.72.